The second kappa shape index (κ2) is 5.18. The van der Waals surface area contributed by atoms with E-state index in [0.717, 1.165) is 32.1 Å². The lowest BCUT2D eigenvalue weighted by atomic mass is 10.4. The van der Waals surface area contributed by atoms with Gasteiger partial charge in [-0.25, -0.2) is 0 Å². The number of hydrogen-bond donors (Lipinski definition) is 1. The molecule has 1 rings (SSSR count). The van der Waals surface area contributed by atoms with Gasteiger partial charge in [0.05, 0.1) is 0 Å². The predicted molar refractivity (Wildman–Crippen MR) is 52.0 cm³/mol. The molecular weight excluding hydrogens is 148 g/mol. The summed E-state index contributed by atoms with van der Waals surface area (Å²) in [6, 6.07) is 0.874. The average Bonchev–Trinajstić information content (AvgIpc) is 2.86. The third kappa shape index (κ3) is 3.75. The molecule has 1 aliphatic carbocycles. The van der Waals surface area contributed by atoms with Crippen LogP contribution in [-0.2, 0) is 0 Å². The first kappa shape index (κ1) is 9.57. The van der Waals surface area contributed by atoms with Crippen LogP contribution in [0.2, 0.25) is 0 Å². The van der Waals surface area contributed by atoms with Crippen molar-refractivity contribution in [2.24, 2.45) is 0 Å². The monoisotopic (exact) mass is 166 g/mol. The van der Waals surface area contributed by atoms with Crippen LogP contribution in [0.5, 0.6) is 0 Å². The molecule has 0 aromatic rings. The van der Waals surface area contributed by atoms with Crippen LogP contribution in [0.4, 0.5) is 0 Å². The van der Waals surface area contributed by atoms with Crippen molar-refractivity contribution in [2.75, 3.05) is 26.7 Å². The van der Waals surface area contributed by atoms with Gasteiger partial charge in [0.15, 0.2) is 0 Å². The van der Waals surface area contributed by atoms with E-state index in [1.807, 2.05) is 0 Å². The predicted octanol–water partition coefficient (Wildman–Crippen LogP) is 0.693. The van der Waals surface area contributed by atoms with Gasteiger partial charge in [0.25, 0.3) is 0 Å². The van der Waals surface area contributed by atoms with Gasteiger partial charge in [-0.1, -0.05) is 0 Å². The summed E-state index contributed by atoms with van der Waals surface area (Å²) in [7, 11) is 2.19. The van der Waals surface area contributed by atoms with Gasteiger partial charge in [0.1, 0.15) is 0 Å². The molecule has 0 saturated heterocycles. The maximum Gasteiger partial charge on any atom is 0.0211 e. The largest absolute Gasteiger partial charge is 0.315 e. The van der Waals surface area contributed by atoms with Gasteiger partial charge >= 0.3 is 0 Å². The van der Waals surface area contributed by atoms with Crippen molar-refractivity contribution in [3.8, 4) is 12.3 Å². The van der Waals surface area contributed by atoms with E-state index in [-0.39, 0.29) is 0 Å². The van der Waals surface area contributed by atoms with E-state index in [0.29, 0.717) is 0 Å². The number of nitrogens with one attached hydrogen (secondary N) is 1. The Labute approximate surface area is 75.3 Å². The molecule has 1 fully saturated rings. The summed E-state index contributed by atoms with van der Waals surface area (Å²) in [5.74, 6) is 2.61. The normalized spacial score (nSPS) is 16.4. The minimum atomic E-state index is 0.840. The van der Waals surface area contributed by atoms with Crippen molar-refractivity contribution in [1.29, 1.82) is 0 Å². The fraction of sp³-hybridized carbons (Fsp3) is 0.800. The SMILES string of the molecule is C#CCCNCCN(C)C1CC1. The van der Waals surface area contributed by atoms with Gasteiger partial charge in [-0.2, -0.15) is 0 Å². The molecule has 1 N–H and O–H groups in total. The van der Waals surface area contributed by atoms with E-state index in [1.54, 1.807) is 0 Å². The summed E-state index contributed by atoms with van der Waals surface area (Å²) in [5.41, 5.74) is 0. The third-order valence-electron chi connectivity index (χ3n) is 2.26. The lowest BCUT2D eigenvalue weighted by Crippen LogP contribution is -2.31. The van der Waals surface area contributed by atoms with Crippen LogP contribution >= 0.6 is 0 Å². The van der Waals surface area contributed by atoms with Gasteiger partial charge in [-0.3, -0.25) is 0 Å². The van der Waals surface area contributed by atoms with Crippen LogP contribution in [0.3, 0.4) is 0 Å². The molecule has 0 aliphatic heterocycles. The van der Waals surface area contributed by atoms with Crippen LogP contribution in [0.15, 0.2) is 0 Å². The van der Waals surface area contributed by atoms with Gasteiger partial charge < -0.3 is 10.2 Å². The highest BCUT2D eigenvalue weighted by Crippen LogP contribution is 2.24. The molecule has 0 amide bonds. The molecule has 0 aromatic carbocycles. The number of hydrogen-bond acceptors (Lipinski definition) is 2. The summed E-state index contributed by atoms with van der Waals surface area (Å²) >= 11 is 0. The maximum absolute atomic E-state index is 5.13. The van der Waals surface area contributed by atoms with E-state index in [4.69, 9.17) is 6.42 Å². The number of rotatable bonds is 6. The van der Waals surface area contributed by atoms with Crippen molar-refractivity contribution in [3.63, 3.8) is 0 Å². The summed E-state index contributed by atoms with van der Waals surface area (Å²) in [5, 5.41) is 3.32. The summed E-state index contributed by atoms with van der Waals surface area (Å²) in [6.45, 7) is 3.17. The van der Waals surface area contributed by atoms with Gasteiger partial charge in [0, 0.05) is 32.1 Å². The molecule has 2 heteroatoms. The minimum absolute atomic E-state index is 0.840. The van der Waals surface area contributed by atoms with E-state index in [2.05, 4.69) is 23.2 Å². The number of terminal acetylenes is 1. The van der Waals surface area contributed by atoms with Gasteiger partial charge in [-0.15, -0.1) is 12.3 Å². The molecule has 0 bridgehead atoms. The van der Waals surface area contributed by atoms with Crippen LogP contribution in [0.1, 0.15) is 19.3 Å². The zero-order valence-electron chi connectivity index (χ0n) is 7.84. The first-order chi connectivity index (χ1) is 5.84. The Morgan fingerprint density at radius 2 is 2.25 bits per heavy atom. The van der Waals surface area contributed by atoms with Crippen molar-refractivity contribution in [2.45, 2.75) is 25.3 Å². The summed E-state index contributed by atoms with van der Waals surface area (Å²) in [6.07, 6.45) is 8.75. The molecule has 68 valence electrons. The molecule has 0 unspecified atom stereocenters. The van der Waals surface area contributed by atoms with Crippen molar-refractivity contribution in [1.82, 2.24) is 10.2 Å². The van der Waals surface area contributed by atoms with Crippen LogP contribution in [0, 0.1) is 12.3 Å². The molecule has 0 heterocycles. The van der Waals surface area contributed by atoms with E-state index in [1.165, 1.54) is 12.8 Å². The Balaban J connectivity index is 1.85. The Kier molecular flexibility index (Phi) is 4.13. The molecule has 0 radical (unpaired) electrons. The number of likely N-dealkylation sites (N-methyl/N-ethyl adjacent to an activating group) is 1. The Morgan fingerprint density at radius 3 is 2.83 bits per heavy atom. The fourth-order valence-electron chi connectivity index (χ4n) is 1.24. The minimum Gasteiger partial charge on any atom is -0.315 e. The van der Waals surface area contributed by atoms with Crippen molar-refractivity contribution in [3.05, 3.63) is 0 Å². The van der Waals surface area contributed by atoms with Crippen LogP contribution in [-0.4, -0.2) is 37.6 Å². The van der Waals surface area contributed by atoms with Crippen molar-refractivity contribution < 1.29 is 0 Å². The number of nitrogens with zero attached hydrogens (tertiary/aromatic N) is 1. The second-order valence-corrected chi connectivity index (χ2v) is 3.42. The Morgan fingerprint density at radius 1 is 1.50 bits per heavy atom. The average molecular weight is 166 g/mol. The highest BCUT2D eigenvalue weighted by Gasteiger charge is 2.25. The molecule has 1 saturated carbocycles. The fourth-order valence-corrected chi connectivity index (χ4v) is 1.24. The molecule has 0 spiro atoms. The first-order valence-electron chi connectivity index (χ1n) is 4.69. The molecule has 2 nitrogen and oxygen atoms in total. The van der Waals surface area contributed by atoms with E-state index < -0.39 is 0 Å². The summed E-state index contributed by atoms with van der Waals surface area (Å²) in [4.78, 5) is 2.42. The highest BCUT2D eigenvalue weighted by atomic mass is 15.2. The highest BCUT2D eigenvalue weighted by molar-refractivity contribution is 4.85. The topological polar surface area (TPSA) is 15.3 Å². The van der Waals surface area contributed by atoms with Crippen molar-refractivity contribution >= 4 is 0 Å². The zero-order chi connectivity index (χ0) is 8.81. The smallest absolute Gasteiger partial charge is 0.0211 e. The van der Waals surface area contributed by atoms with Crippen LogP contribution in [0.25, 0.3) is 0 Å². The standard InChI is InChI=1S/C10H18N2/c1-3-4-7-11-8-9-12(2)10-5-6-10/h1,10-11H,4-9H2,2H3. The third-order valence-corrected chi connectivity index (χ3v) is 2.26. The molecule has 0 atom stereocenters. The lowest BCUT2D eigenvalue weighted by molar-refractivity contribution is 0.322. The quantitative estimate of drug-likeness (QED) is 0.461. The maximum atomic E-state index is 5.13. The molecular formula is C10H18N2. The Hall–Kier alpha value is -0.520. The summed E-state index contributed by atoms with van der Waals surface area (Å²) < 4.78 is 0. The molecule has 0 aromatic heterocycles. The van der Waals surface area contributed by atoms with Gasteiger partial charge in [0.2, 0.25) is 0 Å². The van der Waals surface area contributed by atoms with Gasteiger partial charge in [-0.05, 0) is 19.9 Å². The lowest BCUT2D eigenvalue weighted by Gasteiger charge is -2.15. The second-order valence-electron chi connectivity index (χ2n) is 3.42. The van der Waals surface area contributed by atoms with E-state index in [9.17, 15) is 0 Å². The molecule has 1 aliphatic rings. The zero-order valence-corrected chi connectivity index (χ0v) is 7.84. The van der Waals surface area contributed by atoms with Crippen LogP contribution < -0.4 is 5.32 Å². The molecule has 12 heavy (non-hydrogen) atoms. The first-order valence-corrected chi connectivity index (χ1v) is 4.69. The van der Waals surface area contributed by atoms with E-state index >= 15 is 0 Å². The Bertz CT molecular complexity index is 156.